The third-order valence-electron chi connectivity index (χ3n) is 4.51. The Labute approximate surface area is 151 Å². The number of hydrogen-bond donors (Lipinski definition) is 0. The maximum atomic E-state index is 13.0. The largest absolute Gasteiger partial charge is 0.480 e. The van der Waals surface area contributed by atoms with Gasteiger partial charge in [-0.15, -0.1) is 0 Å². The lowest BCUT2D eigenvalue weighted by Crippen LogP contribution is -2.42. The minimum atomic E-state index is -3.55. The Hall–Kier alpha value is -2.48. The molecule has 0 spiro atoms. The summed E-state index contributed by atoms with van der Waals surface area (Å²) in [6, 6.07) is 8.13. The van der Waals surface area contributed by atoms with Crippen LogP contribution in [0.4, 0.5) is 4.39 Å². The van der Waals surface area contributed by atoms with Gasteiger partial charge in [0.25, 0.3) is 5.91 Å². The fraction of sp³-hybridized carbons (Fsp3) is 0.333. The van der Waals surface area contributed by atoms with E-state index in [1.54, 1.807) is 17.0 Å². The van der Waals surface area contributed by atoms with Crippen LogP contribution in [0, 0.1) is 5.82 Å². The fourth-order valence-electron chi connectivity index (χ4n) is 3.07. The van der Waals surface area contributed by atoms with Crippen molar-refractivity contribution in [2.24, 2.45) is 0 Å². The van der Waals surface area contributed by atoms with E-state index in [9.17, 15) is 17.6 Å². The van der Waals surface area contributed by atoms with Gasteiger partial charge in [-0.25, -0.2) is 17.8 Å². The van der Waals surface area contributed by atoms with E-state index in [0.717, 1.165) is 12.1 Å². The molecule has 0 bridgehead atoms. The number of rotatable bonds is 4. The van der Waals surface area contributed by atoms with Crippen molar-refractivity contribution in [3.8, 4) is 5.88 Å². The number of aromatic nitrogens is 1. The quantitative estimate of drug-likeness (QED) is 0.763. The van der Waals surface area contributed by atoms with Crippen molar-refractivity contribution in [1.82, 2.24) is 9.88 Å². The Bertz CT molecular complexity index is 892. The van der Waals surface area contributed by atoms with Gasteiger partial charge in [0.1, 0.15) is 11.4 Å². The van der Waals surface area contributed by atoms with Crippen molar-refractivity contribution in [3.63, 3.8) is 0 Å². The SMILES string of the molecule is COc1ncccc1C(=O)N1CCC(S(=O)(=O)c2ccc(F)cc2)CC1. The van der Waals surface area contributed by atoms with Crippen LogP contribution < -0.4 is 4.74 Å². The summed E-state index contributed by atoms with van der Waals surface area (Å²) in [6.45, 7) is 0.643. The topological polar surface area (TPSA) is 76.6 Å². The standard InChI is InChI=1S/C18H19FN2O4S/c1-25-17-16(3-2-10-20-17)18(22)21-11-8-15(9-12-21)26(23,24)14-6-4-13(19)5-7-14/h2-7,10,15H,8-9,11-12H2,1H3. The molecule has 6 nitrogen and oxygen atoms in total. The molecular formula is C18H19FN2O4S. The van der Waals surface area contributed by atoms with E-state index in [1.807, 2.05) is 0 Å². The Kier molecular flexibility index (Phi) is 5.22. The molecule has 1 saturated heterocycles. The monoisotopic (exact) mass is 378 g/mol. The third kappa shape index (κ3) is 3.55. The Morgan fingerprint density at radius 2 is 1.85 bits per heavy atom. The Balaban J connectivity index is 1.71. The summed E-state index contributed by atoms with van der Waals surface area (Å²) in [6.07, 6.45) is 2.19. The number of benzene rings is 1. The first kappa shape index (κ1) is 18.3. The lowest BCUT2D eigenvalue weighted by atomic mass is 10.1. The zero-order valence-corrected chi connectivity index (χ0v) is 15.1. The number of carbonyl (C=O) groups is 1. The van der Waals surface area contributed by atoms with Crippen LogP contribution >= 0.6 is 0 Å². The summed E-state index contributed by atoms with van der Waals surface area (Å²) in [5.41, 5.74) is 0.356. The molecule has 1 aliphatic rings. The van der Waals surface area contributed by atoms with E-state index in [1.165, 1.54) is 25.4 Å². The van der Waals surface area contributed by atoms with Crippen LogP contribution in [0.5, 0.6) is 5.88 Å². The summed E-state index contributed by atoms with van der Waals surface area (Å²) in [5, 5.41) is -0.590. The van der Waals surface area contributed by atoms with E-state index in [-0.39, 0.29) is 16.7 Å². The number of ether oxygens (including phenoxy) is 1. The molecule has 3 rings (SSSR count). The maximum Gasteiger partial charge on any atom is 0.259 e. The van der Waals surface area contributed by atoms with Crippen LogP contribution in [0.1, 0.15) is 23.2 Å². The molecule has 0 aliphatic carbocycles. The number of hydrogen-bond acceptors (Lipinski definition) is 5. The minimum absolute atomic E-state index is 0.109. The van der Waals surface area contributed by atoms with E-state index in [2.05, 4.69) is 4.98 Å². The molecule has 1 aromatic heterocycles. The molecule has 0 unspecified atom stereocenters. The van der Waals surface area contributed by atoms with Gasteiger partial charge in [0.05, 0.1) is 17.3 Å². The molecule has 0 N–H and O–H groups in total. The van der Waals surface area contributed by atoms with Crippen molar-refractivity contribution in [2.45, 2.75) is 23.0 Å². The third-order valence-corrected chi connectivity index (χ3v) is 6.78. The number of sulfone groups is 1. The van der Waals surface area contributed by atoms with Crippen molar-refractivity contribution >= 4 is 15.7 Å². The molecule has 0 saturated carbocycles. The van der Waals surface area contributed by atoms with E-state index < -0.39 is 20.9 Å². The lowest BCUT2D eigenvalue weighted by molar-refractivity contribution is 0.0721. The molecule has 2 aromatic rings. The van der Waals surface area contributed by atoms with E-state index in [0.29, 0.717) is 31.5 Å². The number of pyridine rings is 1. The number of halogens is 1. The second kappa shape index (κ2) is 7.41. The molecule has 2 heterocycles. The van der Waals surface area contributed by atoms with Crippen LogP contribution in [-0.2, 0) is 9.84 Å². The summed E-state index contributed by atoms with van der Waals surface area (Å²) >= 11 is 0. The van der Waals surface area contributed by atoms with Crippen molar-refractivity contribution in [1.29, 1.82) is 0 Å². The number of amides is 1. The van der Waals surface area contributed by atoms with Crippen molar-refractivity contribution in [3.05, 3.63) is 54.0 Å². The summed E-state index contributed by atoms with van der Waals surface area (Å²) in [7, 11) is -2.10. The molecule has 26 heavy (non-hydrogen) atoms. The van der Waals surface area contributed by atoms with Gasteiger partial charge in [-0.2, -0.15) is 0 Å². The van der Waals surface area contributed by atoms with Gasteiger partial charge in [0, 0.05) is 19.3 Å². The predicted octanol–water partition coefficient (Wildman–Crippen LogP) is 2.31. The lowest BCUT2D eigenvalue weighted by Gasteiger charge is -2.32. The van der Waals surface area contributed by atoms with Crippen molar-refractivity contribution in [2.75, 3.05) is 20.2 Å². The molecule has 0 radical (unpaired) electrons. The summed E-state index contributed by atoms with van der Waals surface area (Å²) in [4.78, 5) is 18.4. The molecule has 1 fully saturated rings. The van der Waals surface area contributed by atoms with Gasteiger partial charge in [0.15, 0.2) is 9.84 Å². The van der Waals surface area contributed by atoms with Crippen LogP contribution in [-0.4, -0.2) is 49.7 Å². The molecular weight excluding hydrogens is 359 g/mol. The van der Waals surface area contributed by atoms with Gasteiger partial charge < -0.3 is 9.64 Å². The first-order valence-electron chi connectivity index (χ1n) is 8.21. The van der Waals surface area contributed by atoms with E-state index in [4.69, 9.17) is 4.74 Å². The Morgan fingerprint density at radius 3 is 2.46 bits per heavy atom. The Morgan fingerprint density at radius 1 is 1.19 bits per heavy atom. The average Bonchev–Trinajstić information content (AvgIpc) is 2.68. The molecule has 0 atom stereocenters. The average molecular weight is 378 g/mol. The first-order chi connectivity index (χ1) is 12.4. The molecule has 1 amide bonds. The highest BCUT2D eigenvalue weighted by Crippen LogP contribution is 2.26. The number of likely N-dealkylation sites (tertiary alicyclic amines) is 1. The highest BCUT2D eigenvalue weighted by atomic mass is 32.2. The number of methoxy groups -OCH3 is 1. The van der Waals surface area contributed by atoms with Gasteiger partial charge in [-0.05, 0) is 49.2 Å². The number of piperidine rings is 1. The first-order valence-corrected chi connectivity index (χ1v) is 9.76. The van der Waals surface area contributed by atoms with Gasteiger partial charge in [-0.3, -0.25) is 4.79 Å². The second-order valence-electron chi connectivity index (χ2n) is 6.05. The number of nitrogens with zero attached hydrogens (tertiary/aromatic N) is 2. The predicted molar refractivity (Wildman–Crippen MR) is 93.3 cm³/mol. The second-order valence-corrected chi connectivity index (χ2v) is 8.28. The van der Waals surface area contributed by atoms with Crippen LogP contribution in [0.2, 0.25) is 0 Å². The van der Waals surface area contributed by atoms with Crippen LogP contribution in [0.15, 0.2) is 47.5 Å². The zero-order chi connectivity index (χ0) is 18.7. The zero-order valence-electron chi connectivity index (χ0n) is 14.3. The minimum Gasteiger partial charge on any atom is -0.480 e. The normalized spacial score (nSPS) is 15.7. The van der Waals surface area contributed by atoms with Gasteiger partial charge in [-0.1, -0.05) is 0 Å². The van der Waals surface area contributed by atoms with Gasteiger partial charge in [0.2, 0.25) is 5.88 Å². The smallest absolute Gasteiger partial charge is 0.259 e. The summed E-state index contributed by atoms with van der Waals surface area (Å²) < 4.78 is 43.5. The van der Waals surface area contributed by atoms with Crippen LogP contribution in [0.25, 0.3) is 0 Å². The van der Waals surface area contributed by atoms with Gasteiger partial charge >= 0.3 is 0 Å². The summed E-state index contributed by atoms with van der Waals surface area (Å²) in [5.74, 6) is -0.457. The molecule has 1 aromatic carbocycles. The van der Waals surface area contributed by atoms with Crippen molar-refractivity contribution < 1.29 is 22.3 Å². The number of carbonyl (C=O) groups excluding carboxylic acids is 1. The fourth-order valence-corrected chi connectivity index (χ4v) is 4.80. The molecule has 138 valence electrons. The maximum absolute atomic E-state index is 13.0. The van der Waals surface area contributed by atoms with E-state index >= 15 is 0 Å². The van der Waals surface area contributed by atoms with Crippen LogP contribution in [0.3, 0.4) is 0 Å². The molecule has 1 aliphatic heterocycles. The highest BCUT2D eigenvalue weighted by molar-refractivity contribution is 7.92. The highest BCUT2D eigenvalue weighted by Gasteiger charge is 2.33. The molecule has 8 heteroatoms.